The molecule has 23 heavy (non-hydrogen) atoms. The van der Waals surface area contributed by atoms with Crippen molar-refractivity contribution < 1.29 is 4.79 Å². The lowest BCUT2D eigenvalue weighted by Gasteiger charge is -2.33. The van der Waals surface area contributed by atoms with E-state index in [0.717, 1.165) is 50.8 Å². The Morgan fingerprint density at radius 2 is 2.22 bits per heavy atom. The smallest absolute Gasteiger partial charge is 0.242 e. The zero-order chi connectivity index (χ0) is 16.8. The molecule has 5 nitrogen and oxygen atoms in total. The maximum absolute atomic E-state index is 12.7. The minimum absolute atomic E-state index is 0.0982. The van der Waals surface area contributed by atoms with Gasteiger partial charge in [0.15, 0.2) is 0 Å². The van der Waals surface area contributed by atoms with Gasteiger partial charge >= 0.3 is 0 Å². The first-order chi connectivity index (χ1) is 11.1. The molecule has 1 atom stereocenters. The van der Waals surface area contributed by atoms with E-state index in [-0.39, 0.29) is 12.5 Å². The maximum Gasteiger partial charge on any atom is 0.242 e. The number of unbranched alkanes of at least 4 members (excludes halogenated alkanes) is 2. The summed E-state index contributed by atoms with van der Waals surface area (Å²) < 4.78 is 1.83. The molecule has 0 radical (unpaired) electrons. The van der Waals surface area contributed by atoms with E-state index < -0.39 is 0 Å². The number of likely N-dealkylation sites (tertiary alicyclic amines) is 1. The van der Waals surface area contributed by atoms with Crippen LogP contribution in [0, 0.1) is 11.3 Å². The monoisotopic (exact) mass is 316 g/mol. The van der Waals surface area contributed by atoms with E-state index in [4.69, 9.17) is 5.73 Å². The summed E-state index contributed by atoms with van der Waals surface area (Å²) in [4.78, 5) is 14.6. The summed E-state index contributed by atoms with van der Waals surface area (Å²) in [6.07, 6.45) is 7.44. The number of anilines is 1. The summed E-state index contributed by atoms with van der Waals surface area (Å²) in [5, 5.41) is 9.35. The average Bonchev–Trinajstić information content (AvgIpc) is 2.84. The van der Waals surface area contributed by atoms with E-state index in [9.17, 15) is 10.1 Å². The van der Waals surface area contributed by atoms with Crippen LogP contribution in [0.25, 0.3) is 0 Å². The van der Waals surface area contributed by atoms with Crippen molar-refractivity contribution in [1.29, 1.82) is 5.26 Å². The quantitative estimate of drug-likeness (QED) is 0.819. The molecule has 2 heterocycles. The van der Waals surface area contributed by atoms with E-state index >= 15 is 0 Å². The van der Waals surface area contributed by atoms with Gasteiger partial charge in [-0.15, -0.1) is 0 Å². The largest absolute Gasteiger partial charge is 0.397 e. The second-order valence-corrected chi connectivity index (χ2v) is 6.52. The summed E-state index contributed by atoms with van der Waals surface area (Å²) in [6, 6.07) is 4.17. The van der Waals surface area contributed by atoms with Gasteiger partial charge in [-0.25, -0.2) is 0 Å². The number of piperidine rings is 1. The van der Waals surface area contributed by atoms with E-state index in [2.05, 4.69) is 19.9 Å². The third-order valence-corrected chi connectivity index (χ3v) is 4.79. The zero-order valence-electron chi connectivity index (χ0n) is 14.3. The SMILES string of the molecule is CCCCCc1c(N)cc(C#N)n1CC(=O)N1CCCC[C@H]1C. The Hall–Kier alpha value is -1.96. The molecule has 0 spiro atoms. The van der Waals surface area contributed by atoms with Gasteiger partial charge in [0, 0.05) is 18.3 Å². The van der Waals surface area contributed by atoms with Gasteiger partial charge in [-0.3, -0.25) is 4.79 Å². The van der Waals surface area contributed by atoms with Crippen molar-refractivity contribution in [1.82, 2.24) is 9.47 Å². The van der Waals surface area contributed by atoms with Gasteiger partial charge in [0.25, 0.3) is 0 Å². The van der Waals surface area contributed by atoms with Crippen LogP contribution in [0.3, 0.4) is 0 Å². The topological polar surface area (TPSA) is 75.0 Å². The predicted octanol–water partition coefficient (Wildman–Crippen LogP) is 3.08. The van der Waals surface area contributed by atoms with Crippen molar-refractivity contribution in [3.63, 3.8) is 0 Å². The number of rotatable bonds is 6. The molecule has 0 aliphatic carbocycles. The Balaban J connectivity index is 2.16. The Morgan fingerprint density at radius 3 is 2.87 bits per heavy atom. The number of nitrogen functional groups attached to an aromatic ring is 1. The Bertz CT molecular complexity index is 585. The Morgan fingerprint density at radius 1 is 1.43 bits per heavy atom. The minimum atomic E-state index is 0.0982. The lowest BCUT2D eigenvalue weighted by molar-refractivity contribution is -0.135. The standard InChI is InChI=1S/C18H28N4O/c1-3-4-5-9-17-16(20)11-15(12-19)22(17)13-18(23)21-10-7-6-8-14(21)2/h11,14H,3-10,13,20H2,1-2H3/t14-/m1/s1. The average molecular weight is 316 g/mol. The number of carbonyl (C=O) groups is 1. The number of carbonyl (C=O) groups excluding carboxylic acids is 1. The molecule has 1 saturated heterocycles. The van der Waals surface area contributed by atoms with Gasteiger partial charge in [-0.05, 0) is 45.1 Å². The van der Waals surface area contributed by atoms with Crippen molar-refractivity contribution in [2.45, 2.75) is 71.4 Å². The molecule has 0 bridgehead atoms. The third kappa shape index (κ3) is 4.07. The number of nitrogens with zero attached hydrogens (tertiary/aromatic N) is 3. The van der Waals surface area contributed by atoms with Crippen LogP contribution in [-0.4, -0.2) is 28.0 Å². The molecule has 1 aromatic rings. The highest BCUT2D eigenvalue weighted by Crippen LogP contribution is 2.22. The van der Waals surface area contributed by atoms with Crippen molar-refractivity contribution in [3.8, 4) is 6.07 Å². The van der Waals surface area contributed by atoms with Crippen molar-refractivity contribution in [3.05, 3.63) is 17.5 Å². The number of hydrogen-bond acceptors (Lipinski definition) is 3. The fraction of sp³-hybridized carbons (Fsp3) is 0.667. The van der Waals surface area contributed by atoms with Gasteiger partial charge in [0.2, 0.25) is 5.91 Å². The minimum Gasteiger partial charge on any atom is -0.397 e. The number of amides is 1. The van der Waals surface area contributed by atoms with E-state index in [1.54, 1.807) is 6.07 Å². The second kappa shape index (κ2) is 8.05. The fourth-order valence-electron chi connectivity index (χ4n) is 3.40. The van der Waals surface area contributed by atoms with Crippen LogP contribution in [0.5, 0.6) is 0 Å². The molecule has 0 saturated carbocycles. The highest BCUT2D eigenvalue weighted by molar-refractivity contribution is 5.77. The van der Waals surface area contributed by atoms with Crippen LogP contribution in [0.2, 0.25) is 0 Å². The summed E-state index contributed by atoms with van der Waals surface area (Å²) >= 11 is 0. The highest BCUT2D eigenvalue weighted by atomic mass is 16.2. The van der Waals surface area contributed by atoms with Gasteiger partial charge in [-0.1, -0.05) is 19.8 Å². The van der Waals surface area contributed by atoms with Crippen molar-refractivity contribution >= 4 is 11.6 Å². The van der Waals surface area contributed by atoms with Crippen LogP contribution in [0.4, 0.5) is 5.69 Å². The van der Waals surface area contributed by atoms with E-state index in [0.29, 0.717) is 17.4 Å². The number of hydrogen-bond donors (Lipinski definition) is 1. The van der Waals surface area contributed by atoms with Crippen LogP contribution in [0.1, 0.15) is 63.8 Å². The van der Waals surface area contributed by atoms with E-state index in [1.165, 1.54) is 6.42 Å². The van der Waals surface area contributed by atoms with Gasteiger partial charge in [-0.2, -0.15) is 5.26 Å². The third-order valence-electron chi connectivity index (χ3n) is 4.79. The number of nitrogens with two attached hydrogens (primary N) is 1. The lowest BCUT2D eigenvalue weighted by atomic mass is 10.0. The fourth-order valence-corrected chi connectivity index (χ4v) is 3.40. The van der Waals surface area contributed by atoms with Gasteiger partial charge in [0.1, 0.15) is 18.3 Å². The predicted molar refractivity (Wildman–Crippen MR) is 91.8 cm³/mol. The van der Waals surface area contributed by atoms with Gasteiger partial charge < -0.3 is 15.2 Å². The summed E-state index contributed by atoms with van der Waals surface area (Å²) in [5.74, 6) is 0.0982. The Kier molecular flexibility index (Phi) is 6.09. The second-order valence-electron chi connectivity index (χ2n) is 6.52. The van der Waals surface area contributed by atoms with Crippen LogP contribution in [0.15, 0.2) is 6.07 Å². The lowest BCUT2D eigenvalue weighted by Crippen LogP contribution is -2.43. The first kappa shape index (κ1) is 17.4. The molecule has 0 aromatic carbocycles. The molecule has 1 fully saturated rings. The maximum atomic E-state index is 12.7. The van der Waals surface area contributed by atoms with Crippen LogP contribution < -0.4 is 5.73 Å². The summed E-state index contributed by atoms with van der Waals surface area (Å²) in [7, 11) is 0. The van der Waals surface area contributed by atoms with Crippen LogP contribution >= 0.6 is 0 Å². The van der Waals surface area contributed by atoms with E-state index in [1.807, 2.05) is 9.47 Å². The molecule has 1 amide bonds. The molecule has 1 aliphatic heterocycles. The first-order valence-electron chi connectivity index (χ1n) is 8.76. The number of aromatic nitrogens is 1. The molecule has 2 rings (SSSR count). The molecule has 126 valence electrons. The number of nitriles is 1. The first-order valence-corrected chi connectivity index (χ1v) is 8.76. The molecule has 1 aliphatic rings. The summed E-state index contributed by atoms with van der Waals surface area (Å²) in [5.41, 5.74) is 8.15. The van der Waals surface area contributed by atoms with Gasteiger partial charge in [0.05, 0.1) is 5.69 Å². The normalized spacial score (nSPS) is 18.0. The molecule has 0 unspecified atom stereocenters. The summed E-state index contributed by atoms with van der Waals surface area (Å²) in [6.45, 7) is 5.31. The molecule has 2 N–H and O–H groups in total. The zero-order valence-corrected chi connectivity index (χ0v) is 14.3. The molecule has 5 heteroatoms. The molecular weight excluding hydrogens is 288 g/mol. The van der Waals surface area contributed by atoms with Crippen molar-refractivity contribution in [2.24, 2.45) is 0 Å². The highest BCUT2D eigenvalue weighted by Gasteiger charge is 2.25. The Labute approximate surface area is 139 Å². The molecular formula is C18H28N4O. The van der Waals surface area contributed by atoms with Crippen LogP contribution in [-0.2, 0) is 17.8 Å². The molecule has 1 aromatic heterocycles. The van der Waals surface area contributed by atoms with Crippen molar-refractivity contribution in [2.75, 3.05) is 12.3 Å².